The molecule has 5 heteroatoms. The molecule has 0 aliphatic carbocycles. The van der Waals surface area contributed by atoms with Gasteiger partial charge in [-0.05, 0) is 29.0 Å². The maximum Gasteiger partial charge on any atom is 0.263 e. The molecule has 4 aromatic rings. The van der Waals surface area contributed by atoms with Gasteiger partial charge in [-0.2, -0.15) is 0 Å². The minimum atomic E-state index is -0.178. The molecule has 0 fully saturated rings. The highest BCUT2D eigenvalue weighted by Gasteiger charge is 2.15. The Morgan fingerprint density at radius 1 is 1.07 bits per heavy atom. The molecule has 0 aliphatic heterocycles. The average Bonchev–Trinajstić information content (AvgIpc) is 3.20. The topological polar surface area (TPSA) is 52.0 Å². The monoisotopic (exact) mass is 416 g/mol. The van der Waals surface area contributed by atoms with E-state index in [-0.39, 0.29) is 17.9 Å². The number of hydrogen-bond acceptors (Lipinski definition) is 4. The number of carbonyl (C=O) groups is 1. The second-order valence-corrected chi connectivity index (χ2v) is 8.62. The molecule has 4 rings (SSSR count). The zero-order chi connectivity index (χ0) is 21.3. The van der Waals surface area contributed by atoms with Gasteiger partial charge >= 0.3 is 0 Å². The highest BCUT2D eigenvalue weighted by molar-refractivity contribution is 7.17. The maximum absolute atomic E-state index is 13.2. The molecular weight excluding hydrogens is 392 g/mol. The highest BCUT2D eigenvalue weighted by atomic mass is 32.1. The lowest BCUT2D eigenvalue weighted by atomic mass is 10.0. The van der Waals surface area contributed by atoms with Crippen molar-refractivity contribution in [3.8, 4) is 11.1 Å². The summed E-state index contributed by atoms with van der Waals surface area (Å²) in [5, 5.41) is 2.55. The number of benzene rings is 2. The van der Waals surface area contributed by atoms with Crippen LogP contribution in [0.1, 0.15) is 48.2 Å². The van der Waals surface area contributed by atoms with Crippen molar-refractivity contribution in [3.05, 3.63) is 87.3 Å². The first-order valence-corrected chi connectivity index (χ1v) is 11.0. The van der Waals surface area contributed by atoms with Crippen molar-refractivity contribution in [1.29, 1.82) is 0 Å². The van der Waals surface area contributed by atoms with Crippen LogP contribution >= 0.6 is 11.3 Å². The predicted molar refractivity (Wildman–Crippen MR) is 124 cm³/mol. The molecule has 0 unspecified atom stereocenters. The Kier molecular flexibility index (Phi) is 5.64. The fraction of sp³-hybridized carbons (Fsp3) is 0.240. The molecule has 0 radical (unpaired) electrons. The molecule has 0 N–H and O–H groups in total. The number of hydrogen-bond donors (Lipinski definition) is 0. The summed E-state index contributed by atoms with van der Waals surface area (Å²) in [6.45, 7) is 6.33. The van der Waals surface area contributed by atoms with E-state index in [1.165, 1.54) is 33.4 Å². The molecule has 0 atom stereocenters. The van der Waals surface area contributed by atoms with Crippen LogP contribution < -0.4 is 5.56 Å². The van der Waals surface area contributed by atoms with Crippen LogP contribution in [0.3, 0.4) is 0 Å². The number of ketones is 1. The first kappa shape index (κ1) is 20.2. The van der Waals surface area contributed by atoms with E-state index in [1.807, 2.05) is 41.8 Å². The number of aromatic nitrogens is 2. The number of thiophene rings is 1. The highest BCUT2D eigenvalue weighted by Crippen LogP contribution is 2.30. The van der Waals surface area contributed by atoms with Crippen molar-refractivity contribution in [2.45, 2.75) is 39.7 Å². The Morgan fingerprint density at radius 2 is 1.77 bits per heavy atom. The van der Waals surface area contributed by atoms with Gasteiger partial charge in [-0.1, -0.05) is 69.3 Å². The van der Waals surface area contributed by atoms with E-state index in [1.54, 1.807) is 0 Å². The molecule has 0 saturated heterocycles. The molecule has 0 saturated carbocycles. The Morgan fingerprint density at radius 3 is 2.40 bits per heavy atom. The molecule has 0 aliphatic rings. The molecule has 2 aromatic heterocycles. The zero-order valence-electron chi connectivity index (χ0n) is 17.4. The second-order valence-electron chi connectivity index (χ2n) is 7.76. The molecule has 152 valence electrons. The number of fused-ring (bicyclic) bond motifs is 1. The van der Waals surface area contributed by atoms with E-state index in [0.717, 1.165) is 17.5 Å². The zero-order valence-corrected chi connectivity index (χ0v) is 18.2. The Labute approximate surface area is 179 Å². The quantitative estimate of drug-likeness (QED) is 0.379. The molecule has 30 heavy (non-hydrogen) atoms. The van der Waals surface area contributed by atoms with Gasteiger partial charge in [-0.15, -0.1) is 11.3 Å². The van der Waals surface area contributed by atoms with Crippen molar-refractivity contribution in [3.63, 3.8) is 0 Å². The van der Waals surface area contributed by atoms with Crippen molar-refractivity contribution in [1.82, 2.24) is 9.55 Å². The Bertz CT molecular complexity index is 1250. The number of aryl methyl sites for hydroxylation is 1. The van der Waals surface area contributed by atoms with Crippen LogP contribution in [0.2, 0.25) is 0 Å². The van der Waals surface area contributed by atoms with Gasteiger partial charge in [0.2, 0.25) is 0 Å². The summed E-state index contributed by atoms with van der Waals surface area (Å²) in [7, 11) is 0. The predicted octanol–water partition coefficient (Wildman–Crippen LogP) is 5.69. The summed E-state index contributed by atoms with van der Waals surface area (Å²) >= 11 is 1.45. The largest absolute Gasteiger partial charge is 0.292 e. The lowest BCUT2D eigenvalue weighted by Crippen LogP contribution is -2.24. The number of rotatable bonds is 6. The Balaban J connectivity index is 1.67. The smallest absolute Gasteiger partial charge is 0.263 e. The van der Waals surface area contributed by atoms with Gasteiger partial charge in [-0.3, -0.25) is 14.2 Å². The second kappa shape index (κ2) is 8.36. The molecule has 0 spiro atoms. The first-order valence-electron chi connectivity index (χ1n) is 10.2. The van der Waals surface area contributed by atoms with Crippen LogP contribution in [0.25, 0.3) is 21.3 Å². The van der Waals surface area contributed by atoms with E-state index in [2.05, 4.69) is 37.9 Å². The fourth-order valence-electron chi connectivity index (χ4n) is 3.51. The third kappa shape index (κ3) is 3.85. The molecular formula is C25H24N2O2S. The number of carbonyl (C=O) groups excluding carboxylic acids is 1. The maximum atomic E-state index is 13.2. The molecule has 0 bridgehead atoms. The van der Waals surface area contributed by atoms with Crippen LogP contribution in [-0.2, 0) is 13.0 Å². The van der Waals surface area contributed by atoms with Gasteiger partial charge in [0.15, 0.2) is 5.78 Å². The summed E-state index contributed by atoms with van der Waals surface area (Å²) in [4.78, 5) is 31.1. The number of nitrogens with zero attached hydrogens (tertiary/aromatic N) is 2. The van der Waals surface area contributed by atoms with E-state index < -0.39 is 0 Å². The average molecular weight is 417 g/mol. The van der Waals surface area contributed by atoms with Gasteiger partial charge in [-0.25, -0.2) is 4.98 Å². The summed E-state index contributed by atoms with van der Waals surface area (Å²) in [6.07, 6.45) is 2.45. The molecule has 4 nitrogen and oxygen atoms in total. The lowest BCUT2D eigenvalue weighted by Gasteiger charge is -2.08. The lowest BCUT2D eigenvalue weighted by molar-refractivity contribution is 0.0970. The van der Waals surface area contributed by atoms with Crippen molar-refractivity contribution in [2.75, 3.05) is 0 Å². The van der Waals surface area contributed by atoms with E-state index in [4.69, 9.17) is 0 Å². The van der Waals surface area contributed by atoms with Gasteiger partial charge in [0.25, 0.3) is 5.56 Å². The van der Waals surface area contributed by atoms with E-state index in [9.17, 15) is 9.59 Å². The summed E-state index contributed by atoms with van der Waals surface area (Å²) < 4.78 is 1.41. The van der Waals surface area contributed by atoms with Crippen LogP contribution in [-0.4, -0.2) is 15.3 Å². The van der Waals surface area contributed by atoms with Gasteiger partial charge in [0.05, 0.1) is 18.3 Å². The molecule has 2 aromatic carbocycles. The normalized spacial score (nSPS) is 11.3. The minimum absolute atomic E-state index is 0.0210. The molecule has 2 heterocycles. The van der Waals surface area contributed by atoms with Crippen LogP contribution in [0.15, 0.2) is 65.0 Å². The van der Waals surface area contributed by atoms with Crippen molar-refractivity contribution in [2.24, 2.45) is 0 Å². The SMILES string of the molecule is CCc1ccc(-c2csc3ncn(CC(=O)c4ccc(C(C)C)cc4)c(=O)c23)cc1. The van der Waals surface area contributed by atoms with Crippen LogP contribution in [0, 0.1) is 0 Å². The summed E-state index contributed by atoms with van der Waals surface area (Å²) in [5.41, 5.74) is 4.73. The molecule has 0 amide bonds. The van der Waals surface area contributed by atoms with E-state index in [0.29, 0.717) is 21.7 Å². The van der Waals surface area contributed by atoms with Gasteiger partial charge in [0.1, 0.15) is 4.83 Å². The van der Waals surface area contributed by atoms with Crippen LogP contribution in [0.5, 0.6) is 0 Å². The number of Topliss-reactive ketones (excluding diaryl/α,β-unsaturated/α-hetero) is 1. The van der Waals surface area contributed by atoms with E-state index >= 15 is 0 Å². The standard InChI is InChI=1S/C25H24N2O2S/c1-4-17-5-7-19(8-6-17)21-14-30-24-23(21)25(29)27(15-26-24)13-22(28)20-11-9-18(10-12-20)16(2)3/h5-12,14-16H,4,13H2,1-3H3. The summed E-state index contributed by atoms with van der Waals surface area (Å²) in [6, 6.07) is 15.9. The third-order valence-corrected chi connectivity index (χ3v) is 6.33. The Hall–Kier alpha value is -3.05. The van der Waals surface area contributed by atoms with Crippen molar-refractivity contribution >= 4 is 27.3 Å². The third-order valence-electron chi connectivity index (χ3n) is 5.45. The van der Waals surface area contributed by atoms with Crippen LogP contribution in [0.4, 0.5) is 0 Å². The minimum Gasteiger partial charge on any atom is -0.292 e. The fourth-order valence-corrected chi connectivity index (χ4v) is 4.42. The summed E-state index contributed by atoms with van der Waals surface area (Å²) in [5.74, 6) is 0.310. The van der Waals surface area contributed by atoms with Crippen molar-refractivity contribution < 1.29 is 4.79 Å². The first-order chi connectivity index (χ1) is 14.5. The van der Waals surface area contributed by atoms with Gasteiger partial charge < -0.3 is 0 Å². The van der Waals surface area contributed by atoms with Gasteiger partial charge in [0, 0.05) is 16.5 Å².